The number of nitrogens with one attached hydrogen (secondary N) is 2. The molecule has 3 aromatic rings. The van der Waals surface area contributed by atoms with Crippen LogP contribution in [0, 0.1) is 10.1 Å². The van der Waals surface area contributed by atoms with Gasteiger partial charge < -0.3 is 15.1 Å². The Morgan fingerprint density at radius 3 is 2.59 bits per heavy atom. The second-order valence-corrected chi connectivity index (χ2v) is 3.11. The van der Waals surface area contributed by atoms with Gasteiger partial charge in [0.05, 0.1) is 17.4 Å². The zero-order valence-corrected chi connectivity index (χ0v) is 8.70. The molecule has 7 heteroatoms. The number of benzene rings is 1. The summed E-state index contributed by atoms with van der Waals surface area (Å²) in [5, 5.41) is 9.80. The van der Waals surface area contributed by atoms with E-state index in [0.717, 1.165) is 17.2 Å². The number of aromatic nitrogens is 4. The van der Waals surface area contributed by atoms with Gasteiger partial charge in [0.1, 0.15) is 6.20 Å². The van der Waals surface area contributed by atoms with Crippen LogP contribution in [0.1, 0.15) is 0 Å². The number of nitro groups is 1. The zero-order valence-electron chi connectivity index (χ0n) is 8.70. The third-order valence-electron chi connectivity index (χ3n) is 2.01. The number of imidazole rings is 2. The quantitative estimate of drug-likeness (QED) is 0.493. The van der Waals surface area contributed by atoms with E-state index in [-0.39, 0.29) is 5.82 Å². The molecular formula is C10H9N5O2. The average molecular weight is 231 g/mol. The molecule has 2 heterocycles. The van der Waals surface area contributed by atoms with Crippen LogP contribution < -0.4 is 0 Å². The second-order valence-electron chi connectivity index (χ2n) is 3.11. The SMILES string of the molecule is O=[N+]([O-])c1cnc[nH]1.c1ccc2[nH]cnc2c1. The molecule has 0 saturated heterocycles. The normalized spacial score (nSPS) is 9.65. The molecule has 0 atom stereocenters. The number of nitrogens with zero attached hydrogens (tertiary/aromatic N) is 3. The van der Waals surface area contributed by atoms with E-state index in [4.69, 9.17) is 0 Å². The van der Waals surface area contributed by atoms with Crippen LogP contribution in [0.25, 0.3) is 11.0 Å². The highest BCUT2D eigenvalue weighted by atomic mass is 16.6. The number of hydrogen-bond donors (Lipinski definition) is 2. The Morgan fingerprint density at radius 2 is 2.00 bits per heavy atom. The van der Waals surface area contributed by atoms with Crippen molar-refractivity contribution < 1.29 is 4.92 Å². The number of rotatable bonds is 1. The molecule has 0 radical (unpaired) electrons. The van der Waals surface area contributed by atoms with Crippen LogP contribution in [0.3, 0.4) is 0 Å². The maximum Gasteiger partial charge on any atom is 0.340 e. The summed E-state index contributed by atoms with van der Waals surface area (Å²) in [6, 6.07) is 7.94. The first-order chi connectivity index (χ1) is 8.27. The van der Waals surface area contributed by atoms with Crippen molar-refractivity contribution in [1.29, 1.82) is 0 Å². The number of aromatic amines is 2. The van der Waals surface area contributed by atoms with E-state index in [2.05, 4.69) is 19.9 Å². The number of hydrogen-bond acceptors (Lipinski definition) is 4. The second kappa shape index (κ2) is 4.88. The Hall–Kier alpha value is -2.70. The van der Waals surface area contributed by atoms with E-state index in [1.54, 1.807) is 6.33 Å². The van der Waals surface area contributed by atoms with E-state index in [1.807, 2.05) is 24.3 Å². The fourth-order valence-corrected chi connectivity index (χ4v) is 1.23. The highest BCUT2D eigenvalue weighted by molar-refractivity contribution is 5.73. The summed E-state index contributed by atoms with van der Waals surface area (Å²) in [5.41, 5.74) is 2.12. The van der Waals surface area contributed by atoms with Gasteiger partial charge in [0, 0.05) is 0 Å². The van der Waals surface area contributed by atoms with Crippen molar-refractivity contribution in [3.05, 3.63) is 53.2 Å². The zero-order chi connectivity index (χ0) is 12.1. The van der Waals surface area contributed by atoms with E-state index in [0.29, 0.717) is 0 Å². The van der Waals surface area contributed by atoms with E-state index >= 15 is 0 Å². The minimum atomic E-state index is -0.535. The van der Waals surface area contributed by atoms with Gasteiger partial charge >= 0.3 is 5.82 Å². The summed E-state index contributed by atoms with van der Waals surface area (Å²) in [4.78, 5) is 22.1. The van der Waals surface area contributed by atoms with Crippen LogP contribution in [-0.4, -0.2) is 24.9 Å². The van der Waals surface area contributed by atoms with E-state index in [9.17, 15) is 10.1 Å². The smallest absolute Gasteiger partial charge is 0.340 e. The first kappa shape index (κ1) is 10.8. The topological polar surface area (TPSA) is 100 Å². The lowest BCUT2D eigenvalue weighted by molar-refractivity contribution is -0.389. The van der Waals surface area contributed by atoms with Gasteiger partial charge in [0.25, 0.3) is 0 Å². The molecule has 3 rings (SSSR count). The van der Waals surface area contributed by atoms with E-state index in [1.165, 1.54) is 6.33 Å². The molecule has 17 heavy (non-hydrogen) atoms. The van der Waals surface area contributed by atoms with E-state index < -0.39 is 4.92 Å². The molecule has 2 aromatic heterocycles. The number of para-hydroxylation sites is 2. The molecule has 0 spiro atoms. The van der Waals surface area contributed by atoms with Gasteiger partial charge in [-0.05, 0) is 17.1 Å². The lowest BCUT2D eigenvalue weighted by atomic mass is 10.3. The van der Waals surface area contributed by atoms with Crippen molar-refractivity contribution in [1.82, 2.24) is 19.9 Å². The van der Waals surface area contributed by atoms with Crippen LogP contribution in [0.2, 0.25) is 0 Å². The molecule has 1 aromatic carbocycles. The summed E-state index contributed by atoms with van der Waals surface area (Å²) in [6.45, 7) is 0. The van der Waals surface area contributed by atoms with Crippen molar-refractivity contribution in [2.24, 2.45) is 0 Å². The Morgan fingerprint density at radius 1 is 1.18 bits per heavy atom. The van der Waals surface area contributed by atoms with Crippen molar-refractivity contribution in [2.75, 3.05) is 0 Å². The Bertz CT molecular complexity index is 572. The maximum absolute atomic E-state index is 9.80. The summed E-state index contributed by atoms with van der Waals surface area (Å²) >= 11 is 0. The van der Waals surface area contributed by atoms with Crippen LogP contribution >= 0.6 is 0 Å². The van der Waals surface area contributed by atoms with Crippen LogP contribution in [-0.2, 0) is 0 Å². The highest BCUT2D eigenvalue weighted by Crippen LogP contribution is 2.05. The molecule has 0 aliphatic heterocycles. The third kappa shape index (κ3) is 2.65. The van der Waals surface area contributed by atoms with Gasteiger partial charge in [0.2, 0.25) is 0 Å². The lowest BCUT2D eigenvalue weighted by Gasteiger charge is -1.83. The first-order valence-corrected chi connectivity index (χ1v) is 4.78. The molecule has 0 amide bonds. The predicted octanol–water partition coefficient (Wildman–Crippen LogP) is 1.88. The van der Waals surface area contributed by atoms with Crippen molar-refractivity contribution in [2.45, 2.75) is 0 Å². The summed E-state index contributed by atoms with van der Waals surface area (Å²) < 4.78 is 0. The largest absolute Gasteiger partial charge is 0.358 e. The maximum atomic E-state index is 9.80. The minimum Gasteiger partial charge on any atom is -0.358 e. The van der Waals surface area contributed by atoms with Gasteiger partial charge in [0.15, 0.2) is 6.33 Å². The molecule has 86 valence electrons. The summed E-state index contributed by atoms with van der Waals surface area (Å²) in [7, 11) is 0. The fourth-order valence-electron chi connectivity index (χ4n) is 1.23. The van der Waals surface area contributed by atoms with Crippen LogP contribution in [0.15, 0.2) is 43.1 Å². The van der Waals surface area contributed by atoms with Gasteiger partial charge in [-0.3, -0.25) is 0 Å². The fraction of sp³-hybridized carbons (Fsp3) is 0. The lowest BCUT2D eigenvalue weighted by Crippen LogP contribution is -1.85. The van der Waals surface area contributed by atoms with Crippen molar-refractivity contribution in [3.63, 3.8) is 0 Å². The Kier molecular flexibility index (Phi) is 3.10. The molecule has 2 N–H and O–H groups in total. The number of H-pyrrole nitrogens is 2. The molecule has 0 fully saturated rings. The monoisotopic (exact) mass is 231 g/mol. The molecule has 0 bridgehead atoms. The average Bonchev–Trinajstić information content (AvgIpc) is 3.01. The minimum absolute atomic E-state index is 0.0787. The standard InChI is InChI=1S/C7H6N2.C3H3N3O2/c1-2-4-7-6(3-1)8-5-9-7;7-6(8)3-1-4-2-5-3/h1-5H,(H,8,9);1-2H,(H,4,5). The molecule has 0 saturated carbocycles. The molecule has 0 aliphatic carbocycles. The molecule has 0 aliphatic rings. The number of fused-ring (bicyclic) bond motifs is 1. The van der Waals surface area contributed by atoms with Crippen LogP contribution in [0.5, 0.6) is 0 Å². The Labute approximate surface area is 95.7 Å². The summed E-state index contributed by atoms with van der Waals surface area (Å²) in [5.74, 6) is -0.0787. The van der Waals surface area contributed by atoms with Crippen molar-refractivity contribution in [3.8, 4) is 0 Å². The van der Waals surface area contributed by atoms with Crippen LogP contribution in [0.4, 0.5) is 5.82 Å². The van der Waals surface area contributed by atoms with Gasteiger partial charge in [-0.15, -0.1) is 0 Å². The Balaban J connectivity index is 0.000000128. The van der Waals surface area contributed by atoms with Gasteiger partial charge in [-0.2, -0.15) is 0 Å². The van der Waals surface area contributed by atoms with Crippen molar-refractivity contribution >= 4 is 16.9 Å². The summed E-state index contributed by atoms with van der Waals surface area (Å²) in [6.07, 6.45) is 4.11. The molecular weight excluding hydrogens is 222 g/mol. The highest BCUT2D eigenvalue weighted by Gasteiger charge is 1.99. The third-order valence-corrected chi connectivity index (χ3v) is 2.01. The molecule has 7 nitrogen and oxygen atoms in total. The molecule has 0 unspecified atom stereocenters. The predicted molar refractivity (Wildman–Crippen MR) is 61.3 cm³/mol. The first-order valence-electron chi connectivity index (χ1n) is 4.78. The van der Waals surface area contributed by atoms with Gasteiger partial charge in [-0.1, -0.05) is 12.1 Å². The van der Waals surface area contributed by atoms with Gasteiger partial charge in [-0.25, -0.2) is 15.0 Å².